The number of benzene rings is 1. The van der Waals surface area contributed by atoms with Crippen molar-refractivity contribution < 1.29 is 23.4 Å². The van der Waals surface area contributed by atoms with Crippen molar-refractivity contribution in [3.05, 3.63) is 35.4 Å². The number of rotatable bonds is 7. The molecule has 0 aliphatic carbocycles. The summed E-state index contributed by atoms with van der Waals surface area (Å²) in [7, 11) is 0. The van der Waals surface area contributed by atoms with Crippen LogP contribution in [0, 0.1) is 0 Å². The van der Waals surface area contributed by atoms with E-state index in [1.54, 1.807) is 24.3 Å². The molecule has 1 rings (SSSR count). The lowest BCUT2D eigenvalue weighted by molar-refractivity contribution is -0.147. The van der Waals surface area contributed by atoms with Gasteiger partial charge in [0.2, 0.25) is 0 Å². The minimum atomic E-state index is -4.25. The molecule has 0 fully saturated rings. The molecule has 0 unspecified atom stereocenters. The smallest absolute Gasteiger partial charge is 0.396 e. The van der Waals surface area contributed by atoms with E-state index in [2.05, 4.69) is 0 Å². The third kappa shape index (κ3) is 6.56. The van der Waals surface area contributed by atoms with Gasteiger partial charge in [-0.3, -0.25) is 4.90 Å². The SMILES string of the molecule is OCCCN(Cc1ccc(CO)cc1)CC(F)(F)F. The second kappa shape index (κ2) is 7.47. The molecule has 0 saturated carbocycles. The highest BCUT2D eigenvalue weighted by Gasteiger charge is 2.30. The van der Waals surface area contributed by atoms with Crippen LogP contribution in [0.15, 0.2) is 24.3 Å². The van der Waals surface area contributed by atoms with Crippen molar-refractivity contribution in [3.63, 3.8) is 0 Å². The van der Waals surface area contributed by atoms with Crippen LogP contribution in [0.5, 0.6) is 0 Å². The summed E-state index contributed by atoms with van der Waals surface area (Å²) in [6, 6.07) is 6.78. The molecule has 1 aromatic carbocycles. The lowest BCUT2D eigenvalue weighted by Gasteiger charge is -2.23. The maximum absolute atomic E-state index is 12.4. The first-order chi connectivity index (χ1) is 8.94. The molecular weight excluding hydrogens is 259 g/mol. The minimum absolute atomic E-state index is 0.0863. The van der Waals surface area contributed by atoms with Gasteiger partial charge in [-0.1, -0.05) is 24.3 Å². The second-order valence-corrected chi connectivity index (χ2v) is 4.38. The Kier molecular flexibility index (Phi) is 6.27. The molecule has 0 radical (unpaired) electrons. The monoisotopic (exact) mass is 277 g/mol. The van der Waals surface area contributed by atoms with Gasteiger partial charge in [-0.2, -0.15) is 13.2 Å². The zero-order chi connectivity index (χ0) is 14.3. The molecule has 0 heterocycles. The maximum Gasteiger partial charge on any atom is 0.401 e. The topological polar surface area (TPSA) is 43.7 Å². The van der Waals surface area contributed by atoms with Crippen molar-refractivity contribution in [1.82, 2.24) is 4.90 Å². The number of alkyl halides is 3. The zero-order valence-corrected chi connectivity index (χ0v) is 10.5. The molecule has 0 saturated heterocycles. The number of nitrogens with zero attached hydrogens (tertiary/aromatic N) is 1. The van der Waals surface area contributed by atoms with Crippen LogP contribution in [0.1, 0.15) is 17.5 Å². The molecule has 0 bridgehead atoms. The highest BCUT2D eigenvalue weighted by Crippen LogP contribution is 2.18. The number of aliphatic hydroxyl groups excluding tert-OH is 2. The van der Waals surface area contributed by atoms with Crippen molar-refractivity contribution in [2.75, 3.05) is 19.7 Å². The molecule has 0 aliphatic heterocycles. The van der Waals surface area contributed by atoms with Crippen LogP contribution in [0.25, 0.3) is 0 Å². The van der Waals surface area contributed by atoms with Crippen LogP contribution in [0.3, 0.4) is 0 Å². The highest BCUT2D eigenvalue weighted by molar-refractivity contribution is 5.21. The normalized spacial score (nSPS) is 12.1. The van der Waals surface area contributed by atoms with Crippen LogP contribution < -0.4 is 0 Å². The predicted molar refractivity (Wildman–Crippen MR) is 65.4 cm³/mol. The molecule has 0 aliphatic rings. The Bertz CT molecular complexity index is 365. The first-order valence-corrected chi connectivity index (χ1v) is 6.03. The number of hydrogen-bond acceptors (Lipinski definition) is 3. The van der Waals surface area contributed by atoms with E-state index in [-0.39, 0.29) is 26.3 Å². The summed E-state index contributed by atoms with van der Waals surface area (Å²) in [5.74, 6) is 0. The average Bonchev–Trinajstić information content (AvgIpc) is 2.35. The summed E-state index contributed by atoms with van der Waals surface area (Å²) in [6.45, 7) is -0.841. The first-order valence-electron chi connectivity index (χ1n) is 6.03. The third-order valence-corrected chi connectivity index (χ3v) is 2.65. The van der Waals surface area contributed by atoms with Crippen LogP contribution in [0.2, 0.25) is 0 Å². The Morgan fingerprint density at radius 2 is 1.58 bits per heavy atom. The van der Waals surface area contributed by atoms with Gasteiger partial charge in [0.05, 0.1) is 13.2 Å². The summed E-state index contributed by atoms with van der Waals surface area (Å²) in [5.41, 5.74) is 1.47. The molecule has 2 N–H and O–H groups in total. The van der Waals surface area contributed by atoms with Gasteiger partial charge < -0.3 is 10.2 Å². The maximum atomic E-state index is 12.4. The Hall–Kier alpha value is -1.11. The van der Waals surface area contributed by atoms with Gasteiger partial charge in [0.15, 0.2) is 0 Å². The van der Waals surface area contributed by atoms with Gasteiger partial charge in [0, 0.05) is 19.7 Å². The Labute approximate surface area is 110 Å². The summed E-state index contributed by atoms with van der Waals surface area (Å²) >= 11 is 0. The van der Waals surface area contributed by atoms with E-state index in [0.717, 1.165) is 11.1 Å². The summed E-state index contributed by atoms with van der Waals surface area (Å²) < 4.78 is 37.3. The fourth-order valence-electron chi connectivity index (χ4n) is 1.77. The summed E-state index contributed by atoms with van der Waals surface area (Å²) in [6.07, 6.45) is -3.94. The van der Waals surface area contributed by atoms with Gasteiger partial charge in [0.25, 0.3) is 0 Å². The van der Waals surface area contributed by atoms with E-state index in [9.17, 15) is 13.2 Å². The molecule has 0 amide bonds. The van der Waals surface area contributed by atoms with E-state index in [1.165, 1.54) is 4.90 Å². The van der Waals surface area contributed by atoms with Crippen molar-refractivity contribution in [2.45, 2.75) is 25.7 Å². The van der Waals surface area contributed by atoms with E-state index < -0.39 is 12.7 Å². The molecule has 0 spiro atoms. The van der Waals surface area contributed by atoms with E-state index in [4.69, 9.17) is 10.2 Å². The molecule has 0 aromatic heterocycles. The van der Waals surface area contributed by atoms with Gasteiger partial charge in [-0.05, 0) is 17.5 Å². The average molecular weight is 277 g/mol. The number of aliphatic hydroxyl groups is 2. The van der Waals surface area contributed by atoms with Gasteiger partial charge in [-0.15, -0.1) is 0 Å². The standard InChI is InChI=1S/C13H18F3NO2/c14-13(15,16)10-17(6-1-7-18)8-11-2-4-12(9-19)5-3-11/h2-5,18-19H,1,6-10H2. The third-order valence-electron chi connectivity index (χ3n) is 2.65. The second-order valence-electron chi connectivity index (χ2n) is 4.38. The molecule has 1 aromatic rings. The van der Waals surface area contributed by atoms with E-state index >= 15 is 0 Å². The molecule has 108 valence electrons. The van der Waals surface area contributed by atoms with Crippen molar-refractivity contribution in [2.24, 2.45) is 0 Å². The lowest BCUT2D eigenvalue weighted by atomic mass is 10.1. The highest BCUT2D eigenvalue weighted by atomic mass is 19.4. The Balaban J connectivity index is 2.63. The summed E-state index contributed by atoms with van der Waals surface area (Å²) in [5, 5.41) is 17.6. The van der Waals surface area contributed by atoms with Crippen LogP contribution in [0.4, 0.5) is 13.2 Å². The minimum Gasteiger partial charge on any atom is -0.396 e. The van der Waals surface area contributed by atoms with Gasteiger partial charge in [0.1, 0.15) is 0 Å². The van der Waals surface area contributed by atoms with Crippen molar-refractivity contribution in [1.29, 1.82) is 0 Å². The lowest BCUT2D eigenvalue weighted by Crippen LogP contribution is -2.34. The predicted octanol–water partition coefficient (Wildman–Crippen LogP) is 1.93. The zero-order valence-electron chi connectivity index (χ0n) is 10.5. The van der Waals surface area contributed by atoms with Gasteiger partial charge in [-0.25, -0.2) is 0 Å². The number of hydrogen-bond donors (Lipinski definition) is 2. The fourth-order valence-corrected chi connectivity index (χ4v) is 1.77. The van der Waals surface area contributed by atoms with E-state index in [1.807, 2.05) is 0 Å². The fraction of sp³-hybridized carbons (Fsp3) is 0.538. The molecule has 19 heavy (non-hydrogen) atoms. The number of halogens is 3. The molecular formula is C13H18F3NO2. The van der Waals surface area contributed by atoms with Crippen LogP contribution in [-0.4, -0.2) is 41.0 Å². The molecule has 3 nitrogen and oxygen atoms in total. The first kappa shape index (κ1) is 15.9. The summed E-state index contributed by atoms with van der Waals surface area (Å²) in [4.78, 5) is 1.25. The van der Waals surface area contributed by atoms with E-state index in [0.29, 0.717) is 6.42 Å². The Morgan fingerprint density at radius 3 is 2.05 bits per heavy atom. The quantitative estimate of drug-likeness (QED) is 0.800. The molecule has 0 atom stereocenters. The van der Waals surface area contributed by atoms with Gasteiger partial charge >= 0.3 is 6.18 Å². The largest absolute Gasteiger partial charge is 0.401 e. The van der Waals surface area contributed by atoms with Crippen molar-refractivity contribution in [3.8, 4) is 0 Å². The Morgan fingerprint density at radius 1 is 1.00 bits per heavy atom. The van der Waals surface area contributed by atoms with Crippen LogP contribution in [-0.2, 0) is 13.2 Å². The van der Waals surface area contributed by atoms with Crippen LogP contribution >= 0.6 is 0 Å². The van der Waals surface area contributed by atoms with Crippen molar-refractivity contribution >= 4 is 0 Å². The molecule has 6 heteroatoms.